The molecule has 0 radical (unpaired) electrons. The summed E-state index contributed by atoms with van der Waals surface area (Å²) < 4.78 is 0. The molecule has 1 atom stereocenters. The Morgan fingerprint density at radius 2 is 1.87 bits per heavy atom. The molecule has 0 spiro atoms. The second-order valence-corrected chi connectivity index (χ2v) is 5.01. The fraction of sp³-hybridized carbons (Fsp3) is 1.00. The van der Waals surface area contributed by atoms with E-state index in [-0.39, 0.29) is 0 Å². The fourth-order valence-corrected chi connectivity index (χ4v) is 2.48. The third-order valence-corrected chi connectivity index (χ3v) is 3.58. The molecule has 0 aromatic heterocycles. The predicted octanol–water partition coefficient (Wildman–Crippen LogP) is 2.71. The summed E-state index contributed by atoms with van der Waals surface area (Å²) in [6, 6.07) is 0.473. The van der Waals surface area contributed by atoms with Crippen LogP contribution < -0.4 is 5.32 Å². The number of aliphatic hydroxyl groups is 1. The minimum Gasteiger partial charge on any atom is -0.396 e. The lowest BCUT2D eigenvalue weighted by Crippen LogP contribution is -2.29. The summed E-state index contributed by atoms with van der Waals surface area (Å²) in [5, 5.41) is 12.3. The summed E-state index contributed by atoms with van der Waals surface area (Å²) in [5.74, 6) is 0.960. The van der Waals surface area contributed by atoms with Gasteiger partial charge in [0.15, 0.2) is 0 Å². The van der Waals surface area contributed by atoms with Crippen molar-refractivity contribution in [1.82, 2.24) is 5.32 Å². The fourth-order valence-electron chi connectivity index (χ4n) is 2.48. The van der Waals surface area contributed by atoms with Crippen molar-refractivity contribution in [1.29, 1.82) is 0 Å². The molecule has 1 fully saturated rings. The molecule has 15 heavy (non-hydrogen) atoms. The Hall–Kier alpha value is -0.0800. The first-order valence-electron chi connectivity index (χ1n) is 6.67. The van der Waals surface area contributed by atoms with Crippen LogP contribution in [0.15, 0.2) is 0 Å². The van der Waals surface area contributed by atoms with Crippen molar-refractivity contribution < 1.29 is 5.11 Å². The maximum atomic E-state index is 8.78. The summed E-state index contributed by atoms with van der Waals surface area (Å²) in [7, 11) is 0. The van der Waals surface area contributed by atoms with Gasteiger partial charge in [-0.15, -0.1) is 0 Å². The van der Waals surface area contributed by atoms with E-state index in [9.17, 15) is 0 Å². The molecule has 1 aliphatic rings. The van der Waals surface area contributed by atoms with Gasteiger partial charge in [0.1, 0.15) is 0 Å². The van der Waals surface area contributed by atoms with Crippen molar-refractivity contribution in [3.8, 4) is 0 Å². The first kappa shape index (κ1) is 13.0. The van der Waals surface area contributed by atoms with Gasteiger partial charge >= 0.3 is 0 Å². The average Bonchev–Trinajstić information content (AvgIpc) is 2.47. The first-order valence-corrected chi connectivity index (χ1v) is 6.67. The smallest absolute Gasteiger partial charge is 0.0445 e. The summed E-state index contributed by atoms with van der Waals surface area (Å²) in [6.07, 6.45) is 10.9. The maximum absolute atomic E-state index is 8.78. The van der Waals surface area contributed by atoms with Gasteiger partial charge in [0.05, 0.1) is 0 Å². The molecule has 0 bridgehead atoms. The van der Waals surface area contributed by atoms with E-state index >= 15 is 0 Å². The second kappa shape index (κ2) is 8.12. The Labute approximate surface area is 94.5 Å². The van der Waals surface area contributed by atoms with Crippen molar-refractivity contribution >= 4 is 0 Å². The van der Waals surface area contributed by atoms with Gasteiger partial charge in [-0.2, -0.15) is 0 Å². The Kier molecular flexibility index (Phi) is 7.03. The van der Waals surface area contributed by atoms with E-state index in [0.717, 1.165) is 18.9 Å². The lowest BCUT2D eigenvalue weighted by Gasteiger charge is -2.17. The van der Waals surface area contributed by atoms with Gasteiger partial charge in [0.25, 0.3) is 0 Å². The third-order valence-electron chi connectivity index (χ3n) is 3.58. The molecule has 0 heterocycles. The van der Waals surface area contributed by atoms with Gasteiger partial charge in [-0.1, -0.05) is 38.5 Å². The van der Waals surface area contributed by atoms with Crippen LogP contribution in [0.3, 0.4) is 0 Å². The van der Waals surface area contributed by atoms with Gasteiger partial charge in [-0.3, -0.25) is 0 Å². The van der Waals surface area contributed by atoms with Crippen molar-refractivity contribution in [2.24, 2.45) is 5.92 Å². The molecule has 1 rings (SSSR count). The molecule has 2 nitrogen and oxygen atoms in total. The molecule has 0 amide bonds. The van der Waals surface area contributed by atoms with Crippen LogP contribution in [0.4, 0.5) is 0 Å². The van der Waals surface area contributed by atoms with Gasteiger partial charge in [0.2, 0.25) is 0 Å². The Morgan fingerprint density at radius 1 is 1.20 bits per heavy atom. The van der Waals surface area contributed by atoms with Gasteiger partial charge < -0.3 is 10.4 Å². The highest BCUT2D eigenvalue weighted by molar-refractivity contribution is 4.67. The molecule has 0 aliphatic heterocycles. The zero-order chi connectivity index (χ0) is 10.9. The predicted molar refractivity (Wildman–Crippen MR) is 65.0 cm³/mol. The molecular weight excluding hydrogens is 186 g/mol. The summed E-state index contributed by atoms with van der Waals surface area (Å²) >= 11 is 0. The number of nitrogens with one attached hydrogen (secondary N) is 1. The van der Waals surface area contributed by atoms with Crippen LogP contribution in [0.25, 0.3) is 0 Å². The molecule has 2 heteroatoms. The summed E-state index contributed by atoms with van der Waals surface area (Å²) in [6.45, 7) is 3.59. The highest BCUT2D eigenvalue weighted by atomic mass is 16.3. The minimum absolute atomic E-state index is 0.303. The van der Waals surface area contributed by atoms with E-state index < -0.39 is 0 Å². The normalized spacial score (nSPS) is 21.2. The lowest BCUT2D eigenvalue weighted by atomic mass is 9.96. The van der Waals surface area contributed by atoms with Gasteiger partial charge in [-0.25, -0.2) is 0 Å². The maximum Gasteiger partial charge on any atom is 0.0445 e. The number of hydrogen-bond acceptors (Lipinski definition) is 2. The molecular formula is C13H27NO. The van der Waals surface area contributed by atoms with E-state index in [1.807, 2.05) is 0 Å². The van der Waals surface area contributed by atoms with Crippen molar-refractivity contribution in [3.05, 3.63) is 0 Å². The van der Waals surface area contributed by atoms with E-state index in [1.165, 1.54) is 44.9 Å². The molecule has 1 aliphatic carbocycles. The SMILES string of the molecule is C[C@@H](CCO)NCCC1CCCCCC1. The Balaban J connectivity index is 2.02. The van der Waals surface area contributed by atoms with Crippen LogP contribution >= 0.6 is 0 Å². The Bertz CT molecular complexity index is 141. The summed E-state index contributed by atoms with van der Waals surface area (Å²) in [4.78, 5) is 0. The molecule has 0 unspecified atom stereocenters. The van der Waals surface area contributed by atoms with E-state index in [1.54, 1.807) is 0 Å². The monoisotopic (exact) mass is 213 g/mol. The van der Waals surface area contributed by atoms with Gasteiger partial charge in [-0.05, 0) is 32.2 Å². The summed E-state index contributed by atoms with van der Waals surface area (Å²) in [5.41, 5.74) is 0. The number of rotatable bonds is 6. The van der Waals surface area contributed by atoms with Crippen molar-refractivity contribution in [3.63, 3.8) is 0 Å². The van der Waals surface area contributed by atoms with Crippen molar-refractivity contribution in [2.75, 3.05) is 13.2 Å². The average molecular weight is 213 g/mol. The van der Waals surface area contributed by atoms with E-state index in [4.69, 9.17) is 5.11 Å². The standard InChI is InChI=1S/C13H27NO/c1-12(9-11-15)14-10-8-13-6-4-2-3-5-7-13/h12-15H,2-11H2,1H3/t12-/m0/s1. The van der Waals surface area contributed by atoms with E-state index in [2.05, 4.69) is 12.2 Å². The van der Waals surface area contributed by atoms with Crippen LogP contribution in [-0.2, 0) is 0 Å². The number of aliphatic hydroxyl groups excluding tert-OH is 1. The molecule has 1 saturated carbocycles. The minimum atomic E-state index is 0.303. The zero-order valence-electron chi connectivity index (χ0n) is 10.2. The van der Waals surface area contributed by atoms with Crippen LogP contribution in [0, 0.1) is 5.92 Å². The molecule has 0 aromatic carbocycles. The molecule has 2 N–H and O–H groups in total. The molecule has 0 saturated heterocycles. The van der Waals surface area contributed by atoms with E-state index in [0.29, 0.717) is 12.6 Å². The quantitative estimate of drug-likeness (QED) is 0.665. The van der Waals surface area contributed by atoms with Crippen LogP contribution in [0.5, 0.6) is 0 Å². The third kappa shape index (κ3) is 6.16. The molecule has 0 aromatic rings. The van der Waals surface area contributed by atoms with Crippen LogP contribution in [-0.4, -0.2) is 24.3 Å². The lowest BCUT2D eigenvalue weighted by molar-refractivity contribution is 0.267. The Morgan fingerprint density at radius 3 is 2.47 bits per heavy atom. The van der Waals surface area contributed by atoms with Gasteiger partial charge in [0, 0.05) is 12.6 Å². The highest BCUT2D eigenvalue weighted by Gasteiger charge is 2.11. The largest absolute Gasteiger partial charge is 0.396 e. The zero-order valence-corrected chi connectivity index (χ0v) is 10.2. The highest BCUT2D eigenvalue weighted by Crippen LogP contribution is 2.24. The molecule has 90 valence electrons. The van der Waals surface area contributed by atoms with Crippen molar-refractivity contribution in [2.45, 2.75) is 64.3 Å². The van der Waals surface area contributed by atoms with Crippen LogP contribution in [0.2, 0.25) is 0 Å². The number of hydrogen-bond donors (Lipinski definition) is 2. The van der Waals surface area contributed by atoms with Crippen LogP contribution in [0.1, 0.15) is 58.3 Å². The first-order chi connectivity index (χ1) is 7.33. The topological polar surface area (TPSA) is 32.3 Å². The second-order valence-electron chi connectivity index (χ2n) is 5.01.